The van der Waals surface area contributed by atoms with Crippen LogP contribution in [-0.2, 0) is 0 Å². The van der Waals surface area contributed by atoms with Gasteiger partial charge in [-0.1, -0.05) is 57.5 Å². The van der Waals surface area contributed by atoms with Gasteiger partial charge in [-0.3, -0.25) is 4.79 Å². The van der Waals surface area contributed by atoms with E-state index in [1.807, 2.05) is 30.3 Å². The molecular weight excluding hydrogens is 300 g/mol. The van der Waals surface area contributed by atoms with E-state index in [1.165, 1.54) is 0 Å². The van der Waals surface area contributed by atoms with E-state index in [-0.39, 0.29) is 5.91 Å². The molecule has 0 unspecified atom stereocenters. The Morgan fingerprint density at radius 1 is 1.17 bits per heavy atom. The molecule has 0 saturated carbocycles. The number of carbonyl (C=O) groups excluding carboxylic acids is 1. The van der Waals surface area contributed by atoms with Crippen LogP contribution >= 0.6 is 0 Å². The summed E-state index contributed by atoms with van der Waals surface area (Å²) in [6.07, 6.45) is 2.16. The van der Waals surface area contributed by atoms with E-state index in [9.17, 15) is 4.79 Å². The highest BCUT2D eigenvalue weighted by molar-refractivity contribution is 5.93. The van der Waals surface area contributed by atoms with E-state index in [0.717, 1.165) is 24.9 Å². The molecule has 5 heteroatoms. The summed E-state index contributed by atoms with van der Waals surface area (Å²) in [4.78, 5) is 21.4. The van der Waals surface area contributed by atoms with Crippen molar-refractivity contribution in [2.75, 3.05) is 18.4 Å². The Kier molecular flexibility index (Phi) is 6.73. The third kappa shape index (κ3) is 5.33. The van der Waals surface area contributed by atoms with E-state index in [0.29, 0.717) is 29.8 Å². The Hall–Kier alpha value is -2.43. The number of nitrogens with zero attached hydrogens (tertiary/aromatic N) is 2. The van der Waals surface area contributed by atoms with Crippen molar-refractivity contribution in [1.82, 2.24) is 15.3 Å². The molecule has 0 fully saturated rings. The minimum Gasteiger partial charge on any atom is -0.370 e. The predicted molar refractivity (Wildman–Crippen MR) is 98.0 cm³/mol. The smallest absolute Gasteiger partial charge is 0.270 e. The fourth-order valence-electron chi connectivity index (χ4n) is 2.15. The molecule has 2 rings (SSSR count). The first kappa shape index (κ1) is 17.9. The van der Waals surface area contributed by atoms with Gasteiger partial charge >= 0.3 is 0 Å². The molecule has 2 aromatic rings. The van der Waals surface area contributed by atoms with Crippen LogP contribution in [0.4, 0.5) is 5.82 Å². The van der Waals surface area contributed by atoms with E-state index < -0.39 is 0 Å². The molecule has 2 N–H and O–H groups in total. The number of hydrogen-bond acceptors (Lipinski definition) is 4. The molecule has 1 aromatic carbocycles. The van der Waals surface area contributed by atoms with Crippen LogP contribution in [0.15, 0.2) is 36.4 Å². The van der Waals surface area contributed by atoms with Crippen molar-refractivity contribution in [2.24, 2.45) is 5.92 Å². The van der Waals surface area contributed by atoms with E-state index in [4.69, 9.17) is 0 Å². The van der Waals surface area contributed by atoms with Crippen molar-refractivity contribution in [1.29, 1.82) is 0 Å². The second kappa shape index (κ2) is 9.01. The van der Waals surface area contributed by atoms with Gasteiger partial charge in [0.15, 0.2) is 5.82 Å². The minimum atomic E-state index is -0.165. The van der Waals surface area contributed by atoms with Crippen LogP contribution in [0.3, 0.4) is 0 Å². The van der Waals surface area contributed by atoms with Gasteiger partial charge in [0, 0.05) is 24.7 Å². The molecule has 1 heterocycles. The number of nitrogens with one attached hydrogen (secondary N) is 2. The number of benzene rings is 1. The van der Waals surface area contributed by atoms with Gasteiger partial charge in [0.25, 0.3) is 5.91 Å². The van der Waals surface area contributed by atoms with Crippen LogP contribution < -0.4 is 10.6 Å². The van der Waals surface area contributed by atoms with E-state index in [2.05, 4.69) is 41.4 Å². The molecule has 0 aliphatic heterocycles. The molecule has 1 amide bonds. The first-order valence-electron chi connectivity index (χ1n) is 8.56. The number of aromatic nitrogens is 2. The van der Waals surface area contributed by atoms with Gasteiger partial charge in [-0.25, -0.2) is 9.97 Å². The molecule has 0 radical (unpaired) electrons. The third-order valence-corrected chi connectivity index (χ3v) is 3.50. The lowest BCUT2D eigenvalue weighted by Gasteiger charge is -2.11. The number of hydrogen-bond donors (Lipinski definition) is 2. The van der Waals surface area contributed by atoms with Crippen molar-refractivity contribution >= 4 is 11.7 Å². The van der Waals surface area contributed by atoms with Crippen molar-refractivity contribution in [3.63, 3.8) is 0 Å². The van der Waals surface area contributed by atoms with Crippen molar-refractivity contribution < 1.29 is 4.79 Å². The summed E-state index contributed by atoms with van der Waals surface area (Å²) < 4.78 is 0. The van der Waals surface area contributed by atoms with Crippen molar-refractivity contribution in [3.05, 3.63) is 42.1 Å². The molecule has 5 nitrogen and oxygen atoms in total. The Bertz CT molecular complexity index is 656. The topological polar surface area (TPSA) is 66.9 Å². The molecule has 0 atom stereocenters. The summed E-state index contributed by atoms with van der Waals surface area (Å²) in [5.41, 5.74) is 1.29. The highest BCUT2D eigenvalue weighted by Gasteiger charge is 2.13. The van der Waals surface area contributed by atoms with Crippen LogP contribution in [0.5, 0.6) is 0 Å². The van der Waals surface area contributed by atoms with Crippen molar-refractivity contribution in [2.45, 2.75) is 33.6 Å². The van der Waals surface area contributed by atoms with Gasteiger partial charge < -0.3 is 10.6 Å². The number of amides is 1. The lowest BCUT2D eigenvalue weighted by molar-refractivity contribution is 0.0944. The zero-order chi connectivity index (χ0) is 17.4. The number of anilines is 1. The number of rotatable bonds is 8. The molecule has 0 aliphatic carbocycles. The molecule has 128 valence electrons. The van der Waals surface area contributed by atoms with Gasteiger partial charge in [0.05, 0.1) is 0 Å². The summed E-state index contributed by atoms with van der Waals surface area (Å²) in [6.45, 7) is 7.72. The van der Waals surface area contributed by atoms with Crippen LogP contribution in [0.25, 0.3) is 11.4 Å². The lowest BCUT2D eigenvalue weighted by Crippen LogP contribution is -2.28. The van der Waals surface area contributed by atoms with Gasteiger partial charge in [-0.2, -0.15) is 0 Å². The molecule has 0 spiro atoms. The first-order chi connectivity index (χ1) is 11.6. The maximum atomic E-state index is 12.4. The second-order valence-corrected chi connectivity index (χ2v) is 6.21. The van der Waals surface area contributed by atoms with Crippen LogP contribution in [0.2, 0.25) is 0 Å². The molecule has 1 aromatic heterocycles. The van der Waals surface area contributed by atoms with Crippen LogP contribution in [0.1, 0.15) is 44.1 Å². The highest BCUT2D eigenvalue weighted by atomic mass is 16.1. The van der Waals surface area contributed by atoms with E-state index >= 15 is 0 Å². The molecule has 24 heavy (non-hydrogen) atoms. The third-order valence-electron chi connectivity index (χ3n) is 3.50. The Balaban J connectivity index is 2.28. The monoisotopic (exact) mass is 326 g/mol. The number of unbranched alkanes of at least 4 members (excludes halogenated alkanes) is 1. The summed E-state index contributed by atoms with van der Waals surface area (Å²) in [5.74, 6) is 1.48. The number of carbonyl (C=O) groups is 1. The normalized spacial score (nSPS) is 10.7. The van der Waals surface area contributed by atoms with Crippen LogP contribution in [-0.4, -0.2) is 29.0 Å². The van der Waals surface area contributed by atoms with Gasteiger partial charge in [-0.15, -0.1) is 0 Å². The molecule has 0 aliphatic rings. The standard InChI is InChI=1S/C19H26N4O/c1-4-5-11-20-17-12-16(19(24)21-13-14(2)3)22-18(23-17)15-9-7-6-8-10-15/h6-10,12,14H,4-5,11,13H2,1-3H3,(H,21,24)(H,20,22,23). The Morgan fingerprint density at radius 2 is 1.92 bits per heavy atom. The maximum absolute atomic E-state index is 12.4. The molecular formula is C19H26N4O. The van der Waals surface area contributed by atoms with E-state index in [1.54, 1.807) is 6.07 Å². The predicted octanol–water partition coefficient (Wildman–Crippen LogP) is 3.74. The Morgan fingerprint density at radius 3 is 2.58 bits per heavy atom. The first-order valence-corrected chi connectivity index (χ1v) is 8.56. The van der Waals surface area contributed by atoms with Gasteiger partial charge in [-0.05, 0) is 12.3 Å². The average Bonchev–Trinajstić information content (AvgIpc) is 2.60. The lowest BCUT2D eigenvalue weighted by atomic mass is 10.2. The summed E-state index contributed by atoms with van der Waals surface area (Å²) in [5, 5.41) is 6.20. The summed E-state index contributed by atoms with van der Waals surface area (Å²) in [6, 6.07) is 11.4. The zero-order valence-electron chi connectivity index (χ0n) is 14.7. The fraction of sp³-hybridized carbons (Fsp3) is 0.421. The SMILES string of the molecule is CCCCNc1cc(C(=O)NCC(C)C)nc(-c2ccccc2)n1. The highest BCUT2D eigenvalue weighted by Crippen LogP contribution is 2.18. The largest absolute Gasteiger partial charge is 0.370 e. The minimum absolute atomic E-state index is 0.165. The quantitative estimate of drug-likeness (QED) is 0.725. The molecule has 0 saturated heterocycles. The maximum Gasteiger partial charge on any atom is 0.270 e. The Labute approximate surface area is 143 Å². The molecule has 0 bridgehead atoms. The van der Waals surface area contributed by atoms with Gasteiger partial charge in [0.1, 0.15) is 11.5 Å². The van der Waals surface area contributed by atoms with Crippen molar-refractivity contribution in [3.8, 4) is 11.4 Å². The van der Waals surface area contributed by atoms with Gasteiger partial charge in [0.2, 0.25) is 0 Å². The zero-order valence-corrected chi connectivity index (χ0v) is 14.7. The summed E-state index contributed by atoms with van der Waals surface area (Å²) >= 11 is 0. The summed E-state index contributed by atoms with van der Waals surface area (Å²) in [7, 11) is 0. The second-order valence-electron chi connectivity index (χ2n) is 6.21. The fourth-order valence-corrected chi connectivity index (χ4v) is 2.15. The average molecular weight is 326 g/mol. The van der Waals surface area contributed by atoms with Crippen LogP contribution in [0, 0.1) is 5.92 Å².